The van der Waals surface area contributed by atoms with Gasteiger partial charge >= 0.3 is 0 Å². The highest BCUT2D eigenvalue weighted by Gasteiger charge is 2.36. The van der Waals surface area contributed by atoms with E-state index in [9.17, 15) is 18.3 Å². The summed E-state index contributed by atoms with van der Waals surface area (Å²) in [6, 6.07) is 14.9. The number of carbonyl (C=O) groups excluding carboxylic acids is 1. The zero-order chi connectivity index (χ0) is 22.9. The highest BCUT2D eigenvalue weighted by atomic mass is 32.2. The number of hydrogen-bond donors (Lipinski definition) is 2. The predicted molar refractivity (Wildman–Crippen MR) is 124 cm³/mol. The summed E-state index contributed by atoms with van der Waals surface area (Å²) in [6.07, 6.45) is 1.41. The first kappa shape index (κ1) is 21.8. The maximum atomic E-state index is 13.2. The van der Waals surface area contributed by atoms with Crippen molar-refractivity contribution in [1.29, 1.82) is 0 Å². The van der Waals surface area contributed by atoms with E-state index in [-0.39, 0.29) is 11.7 Å². The molecule has 10 heteroatoms. The first-order chi connectivity index (χ1) is 15.3. The van der Waals surface area contributed by atoms with Gasteiger partial charge in [-0.05, 0) is 35.2 Å². The smallest absolute Gasteiger partial charge is 0.284 e. The summed E-state index contributed by atoms with van der Waals surface area (Å²) in [5.74, 6) is -0.0284. The van der Waals surface area contributed by atoms with Gasteiger partial charge in [-0.3, -0.25) is 9.52 Å². The van der Waals surface area contributed by atoms with E-state index in [1.165, 1.54) is 23.5 Å². The Kier molecular flexibility index (Phi) is 5.90. The van der Waals surface area contributed by atoms with E-state index in [2.05, 4.69) is 9.82 Å². The van der Waals surface area contributed by atoms with Gasteiger partial charge in [0.1, 0.15) is 0 Å². The summed E-state index contributed by atoms with van der Waals surface area (Å²) >= 11 is 1.31. The molecule has 0 fully saturated rings. The Hall–Kier alpha value is -3.37. The first-order valence-corrected chi connectivity index (χ1v) is 12.4. The normalized spacial score (nSPS) is 16.0. The second-order valence-corrected chi connectivity index (χ2v) is 9.94. The average Bonchev–Trinajstić information content (AvgIpc) is 3.43. The molecule has 0 aliphatic carbocycles. The average molecular weight is 472 g/mol. The zero-order valence-electron chi connectivity index (χ0n) is 17.3. The van der Waals surface area contributed by atoms with E-state index in [1.54, 1.807) is 54.6 Å². The molecule has 4 rings (SSSR count). The Morgan fingerprint density at radius 2 is 2.00 bits per heavy atom. The molecule has 0 radical (unpaired) electrons. The van der Waals surface area contributed by atoms with Crippen LogP contribution in [0, 0.1) is 0 Å². The molecule has 2 N–H and O–H groups in total. The highest BCUT2D eigenvalue weighted by molar-refractivity contribution is 7.92. The molecule has 2 heterocycles. The van der Waals surface area contributed by atoms with Gasteiger partial charge < -0.3 is 9.84 Å². The Bertz CT molecular complexity index is 1290. The number of benzene rings is 2. The number of rotatable bonds is 6. The molecule has 1 amide bonds. The Labute approximate surface area is 189 Å². The summed E-state index contributed by atoms with van der Waals surface area (Å²) < 4.78 is 30.9. The third-order valence-electron chi connectivity index (χ3n) is 4.96. The number of ether oxygens (including phenoxy) is 1. The summed E-state index contributed by atoms with van der Waals surface area (Å²) in [7, 11) is -1.98. The van der Waals surface area contributed by atoms with Crippen LogP contribution in [0.25, 0.3) is 0 Å². The monoisotopic (exact) mass is 471 g/mol. The van der Waals surface area contributed by atoms with Crippen LogP contribution in [0.5, 0.6) is 11.5 Å². The zero-order valence-corrected chi connectivity index (χ0v) is 19.0. The molecule has 1 atom stereocenters. The fourth-order valence-electron chi connectivity index (χ4n) is 3.58. The number of thiophene rings is 1. The maximum absolute atomic E-state index is 13.2. The number of para-hydroxylation sites is 1. The lowest BCUT2D eigenvalue weighted by Gasteiger charge is -2.22. The van der Waals surface area contributed by atoms with Crippen LogP contribution in [-0.2, 0) is 10.0 Å². The van der Waals surface area contributed by atoms with E-state index in [0.717, 1.165) is 6.26 Å². The van der Waals surface area contributed by atoms with Gasteiger partial charge in [0.2, 0.25) is 10.0 Å². The number of nitrogens with zero attached hydrogens (tertiary/aromatic N) is 2. The second kappa shape index (κ2) is 8.64. The molecule has 1 aliphatic heterocycles. The molecule has 0 saturated carbocycles. The van der Waals surface area contributed by atoms with Gasteiger partial charge in [0.05, 0.1) is 30.0 Å². The van der Waals surface area contributed by atoms with Gasteiger partial charge in [-0.2, -0.15) is 5.10 Å². The van der Waals surface area contributed by atoms with Crippen LogP contribution in [-0.4, -0.2) is 43.5 Å². The number of phenols is 1. The number of nitrogens with one attached hydrogen (secondary N) is 1. The van der Waals surface area contributed by atoms with Crippen LogP contribution in [0.3, 0.4) is 0 Å². The van der Waals surface area contributed by atoms with Crippen molar-refractivity contribution in [3.63, 3.8) is 0 Å². The van der Waals surface area contributed by atoms with Crippen LogP contribution in [0.2, 0.25) is 0 Å². The number of anilines is 1. The van der Waals surface area contributed by atoms with Crippen molar-refractivity contribution in [3.05, 3.63) is 76.0 Å². The first-order valence-electron chi connectivity index (χ1n) is 9.65. The molecule has 32 heavy (non-hydrogen) atoms. The minimum Gasteiger partial charge on any atom is -0.504 e. The molecular formula is C22H21N3O5S2. The summed E-state index contributed by atoms with van der Waals surface area (Å²) in [5, 5.41) is 18.5. The topological polar surface area (TPSA) is 108 Å². The minimum atomic E-state index is -3.44. The van der Waals surface area contributed by atoms with Crippen molar-refractivity contribution in [2.45, 2.75) is 12.5 Å². The number of hydrogen-bond acceptors (Lipinski definition) is 7. The molecule has 1 aromatic heterocycles. The third kappa shape index (κ3) is 4.46. The largest absolute Gasteiger partial charge is 0.504 e. The molecule has 3 aromatic rings. The third-order valence-corrected chi connectivity index (χ3v) is 6.42. The van der Waals surface area contributed by atoms with Crippen molar-refractivity contribution < 1.29 is 23.1 Å². The quantitative estimate of drug-likeness (QED) is 0.568. The van der Waals surface area contributed by atoms with E-state index >= 15 is 0 Å². The fraction of sp³-hybridized carbons (Fsp3) is 0.182. The van der Waals surface area contributed by atoms with Gasteiger partial charge in [-0.15, -0.1) is 11.3 Å². The summed E-state index contributed by atoms with van der Waals surface area (Å²) in [4.78, 5) is 13.7. The van der Waals surface area contributed by atoms with Gasteiger partial charge in [-0.25, -0.2) is 13.4 Å². The van der Waals surface area contributed by atoms with Crippen LogP contribution < -0.4 is 9.46 Å². The number of methoxy groups -OCH3 is 1. The number of amides is 1. The number of sulfonamides is 1. The molecule has 166 valence electrons. The van der Waals surface area contributed by atoms with Gasteiger partial charge in [0.25, 0.3) is 5.91 Å². The SMILES string of the molecule is COc1cccc([C@H]2CC(c3cccc(NS(C)(=O)=O)c3)=NN2C(=O)c2cccs2)c1O. The van der Waals surface area contributed by atoms with Gasteiger partial charge in [0.15, 0.2) is 11.5 Å². The van der Waals surface area contributed by atoms with E-state index < -0.39 is 16.1 Å². The lowest BCUT2D eigenvalue weighted by atomic mass is 9.97. The van der Waals surface area contributed by atoms with Crippen molar-refractivity contribution in [2.24, 2.45) is 5.10 Å². The Morgan fingerprint density at radius 1 is 1.22 bits per heavy atom. The van der Waals surface area contributed by atoms with E-state index in [4.69, 9.17) is 4.74 Å². The number of aromatic hydroxyl groups is 1. The van der Waals surface area contributed by atoms with Crippen molar-refractivity contribution in [1.82, 2.24) is 5.01 Å². The molecule has 8 nitrogen and oxygen atoms in total. The Morgan fingerprint density at radius 3 is 2.69 bits per heavy atom. The highest BCUT2D eigenvalue weighted by Crippen LogP contribution is 2.42. The Balaban J connectivity index is 1.75. The fourth-order valence-corrected chi connectivity index (χ4v) is 4.79. The van der Waals surface area contributed by atoms with Crippen molar-refractivity contribution in [2.75, 3.05) is 18.1 Å². The lowest BCUT2D eigenvalue weighted by molar-refractivity contribution is 0.0714. The maximum Gasteiger partial charge on any atom is 0.284 e. The molecule has 2 aromatic carbocycles. The molecule has 1 aliphatic rings. The van der Waals surface area contributed by atoms with Crippen LogP contribution in [0.1, 0.15) is 33.3 Å². The minimum absolute atomic E-state index is 0.0482. The number of carbonyl (C=O) groups is 1. The standard InChI is InChI=1S/C22H21N3O5S2/c1-30-19-9-4-8-16(21(19)26)18-13-17(23-25(18)22(27)20-10-5-11-31-20)14-6-3-7-15(12-14)24-32(2,28)29/h3-12,18,24,26H,13H2,1-2H3/t18-/m1/s1. The summed E-state index contributed by atoms with van der Waals surface area (Å²) in [5.41, 5.74) is 2.18. The van der Waals surface area contributed by atoms with Crippen LogP contribution >= 0.6 is 11.3 Å². The van der Waals surface area contributed by atoms with Crippen molar-refractivity contribution >= 4 is 38.7 Å². The number of hydrazone groups is 1. The second-order valence-electron chi connectivity index (χ2n) is 7.25. The predicted octanol–water partition coefficient (Wildman–Crippen LogP) is 3.83. The molecule has 0 spiro atoms. The number of phenolic OH excluding ortho intramolecular Hbond substituents is 1. The molecule has 0 saturated heterocycles. The van der Waals surface area contributed by atoms with Gasteiger partial charge in [-0.1, -0.05) is 30.3 Å². The van der Waals surface area contributed by atoms with Crippen LogP contribution in [0.4, 0.5) is 5.69 Å². The molecular weight excluding hydrogens is 450 g/mol. The molecule has 0 bridgehead atoms. The lowest BCUT2D eigenvalue weighted by Crippen LogP contribution is -2.26. The van der Waals surface area contributed by atoms with Crippen molar-refractivity contribution in [3.8, 4) is 11.5 Å². The van der Waals surface area contributed by atoms with E-state index in [0.29, 0.717) is 39.6 Å². The van der Waals surface area contributed by atoms with E-state index in [1.807, 2.05) is 5.38 Å². The molecule has 0 unspecified atom stereocenters. The van der Waals surface area contributed by atoms with Crippen LogP contribution in [0.15, 0.2) is 65.1 Å². The van der Waals surface area contributed by atoms with Gasteiger partial charge in [0, 0.05) is 17.7 Å². The summed E-state index contributed by atoms with van der Waals surface area (Å²) in [6.45, 7) is 0.